The summed E-state index contributed by atoms with van der Waals surface area (Å²) in [6.45, 7) is 2.84. The predicted octanol–water partition coefficient (Wildman–Crippen LogP) is -0.0351. The first-order valence-electron chi connectivity index (χ1n) is 10.1. The number of hydrogen-bond acceptors (Lipinski definition) is 6. The lowest BCUT2D eigenvalue weighted by atomic mass is 10.0. The highest BCUT2D eigenvalue weighted by molar-refractivity contribution is 5.79. The Labute approximate surface area is 175 Å². The van der Waals surface area contributed by atoms with E-state index in [4.69, 9.17) is 9.47 Å². The number of ether oxygens (including phenoxy) is 2. The summed E-state index contributed by atoms with van der Waals surface area (Å²) in [6, 6.07) is 5.56. The molecule has 0 aliphatic carbocycles. The molecule has 1 aromatic rings. The van der Waals surface area contributed by atoms with Crippen LogP contribution in [0.4, 0.5) is 4.39 Å². The van der Waals surface area contributed by atoms with Crippen LogP contribution < -0.4 is 10.6 Å². The lowest BCUT2D eigenvalue weighted by Gasteiger charge is -2.32. The summed E-state index contributed by atoms with van der Waals surface area (Å²) in [4.78, 5) is 26.5. The molecule has 2 aliphatic heterocycles. The average Bonchev–Trinajstić information content (AvgIpc) is 2.74. The van der Waals surface area contributed by atoms with Gasteiger partial charge in [0.15, 0.2) is 0 Å². The molecule has 0 radical (unpaired) electrons. The minimum Gasteiger partial charge on any atom is -0.394 e. The van der Waals surface area contributed by atoms with Crippen LogP contribution in [0.1, 0.15) is 12.0 Å². The van der Waals surface area contributed by atoms with Crippen molar-refractivity contribution >= 4 is 11.8 Å². The molecule has 9 heteroatoms. The van der Waals surface area contributed by atoms with E-state index in [1.54, 1.807) is 24.3 Å². The lowest BCUT2D eigenvalue weighted by Crippen LogP contribution is -2.52. The zero-order chi connectivity index (χ0) is 21.3. The fourth-order valence-corrected chi connectivity index (χ4v) is 3.43. The van der Waals surface area contributed by atoms with Crippen LogP contribution in [0.3, 0.4) is 0 Å². The lowest BCUT2D eigenvalue weighted by molar-refractivity contribution is -0.129. The van der Waals surface area contributed by atoms with E-state index in [1.807, 2.05) is 4.90 Å². The molecule has 1 fully saturated rings. The fourth-order valence-electron chi connectivity index (χ4n) is 3.43. The van der Waals surface area contributed by atoms with Gasteiger partial charge >= 0.3 is 0 Å². The summed E-state index contributed by atoms with van der Waals surface area (Å²) in [5.41, 5.74) is 0.666. The summed E-state index contributed by atoms with van der Waals surface area (Å²) < 4.78 is 24.2. The molecule has 2 amide bonds. The van der Waals surface area contributed by atoms with Crippen LogP contribution in [0.25, 0.3) is 0 Å². The van der Waals surface area contributed by atoms with E-state index in [2.05, 4.69) is 10.6 Å². The summed E-state index contributed by atoms with van der Waals surface area (Å²) in [6.07, 6.45) is 2.39. The maximum absolute atomic E-state index is 13.2. The van der Waals surface area contributed by atoms with Crippen molar-refractivity contribution in [1.29, 1.82) is 0 Å². The van der Waals surface area contributed by atoms with E-state index < -0.39 is 18.2 Å². The minimum absolute atomic E-state index is 0.0662. The number of rotatable bonds is 8. The van der Waals surface area contributed by atoms with E-state index in [1.165, 1.54) is 12.1 Å². The molecule has 1 aromatic carbocycles. The molecule has 2 aliphatic rings. The zero-order valence-corrected chi connectivity index (χ0v) is 16.8. The van der Waals surface area contributed by atoms with E-state index in [-0.39, 0.29) is 43.7 Å². The standard InChI is InChI=1S/C21H28FN3O5/c22-16-3-1-2-15(10-16)12-23-20(27)11-17-4-5-18(19(14-26)30-17)24-21(28)13-25-6-8-29-9-7-25/h1-5,10,17-19,26H,6-9,11-14H2,(H,23,27)(H,24,28)/t17-,18-,19+/m0/s1. The molecular weight excluding hydrogens is 393 g/mol. The molecule has 3 N–H and O–H groups in total. The number of nitrogens with zero attached hydrogens (tertiary/aromatic N) is 1. The quantitative estimate of drug-likeness (QED) is 0.510. The monoisotopic (exact) mass is 421 g/mol. The van der Waals surface area contributed by atoms with Gasteiger partial charge in [-0.15, -0.1) is 0 Å². The van der Waals surface area contributed by atoms with Gasteiger partial charge in [0.2, 0.25) is 11.8 Å². The van der Waals surface area contributed by atoms with Gasteiger partial charge in [-0.1, -0.05) is 24.3 Å². The van der Waals surface area contributed by atoms with Crippen molar-refractivity contribution in [1.82, 2.24) is 15.5 Å². The number of benzene rings is 1. The second-order valence-corrected chi connectivity index (χ2v) is 7.37. The maximum atomic E-state index is 13.2. The molecule has 2 heterocycles. The van der Waals surface area contributed by atoms with Crippen LogP contribution in [0.5, 0.6) is 0 Å². The van der Waals surface area contributed by atoms with E-state index in [0.29, 0.717) is 31.9 Å². The smallest absolute Gasteiger partial charge is 0.234 e. The van der Waals surface area contributed by atoms with Gasteiger partial charge < -0.3 is 25.2 Å². The number of hydrogen-bond donors (Lipinski definition) is 3. The SMILES string of the molecule is O=C(C[C@@H]1C=C[C@H](NC(=O)CN2CCOCC2)[C@@H](CO)O1)NCc1cccc(F)c1. The van der Waals surface area contributed by atoms with Crippen molar-refractivity contribution in [3.8, 4) is 0 Å². The van der Waals surface area contributed by atoms with Crippen LogP contribution in [0.15, 0.2) is 36.4 Å². The van der Waals surface area contributed by atoms with E-state index >= 15 is 0 Å². The number of morpholine rings is 1. The normalized spacial score (nSPS) is 24.4. The second kappa shape index (κ2) is 11.2. The first kappa shape index (κ1) is 22.4. The molecule has 0 saturated carbocycles. The Morgan fingerprint density at radius 2 is 2.00 bits per heavy atom. The van der Waals surface area contributed by atoms with E-state index in [9.17, 15) is 19.1 Å². The van der Waals surface area contributed by atoms with Crippen LogP contribution >= 0.6 is 0 Å². The topological polar surface area (TPSA) is 100 Å². The summed E-state index contributed by atoms with van der Waals surface area (Å²) in [5.74, 6) is -0.756. The van der Waals surface area contributed by atoms with Crippen LogP contribution in [-0.2, 0) is 25.6 Å². The highest BCUT2D eigenvalue weighted by Crippen LogP contribution is 2.16. The number of nitrogens with one attached hydrogen (secondary N) is 2. The molecule has 0 aromatic heterocycles. The summed E-state index contributed by atoms with van der Waals surface area (Å²) in [5, 5.41) is 15.2. The number of halogens is 1. The molecular formula is C21H28FN3O5. The summed E-state index contributed by atoms with van der Waals surface area (Å²) in [7, 11) is 0. The number of amides is 2. The van der Waals surface area contributed by atoms with Gasteiger partial charge in [-0.2, -0.15) is 0 Å². The van der Waals surface area contributed by atoms with Gasteiger partial charge in [0.05, 0.1) is 44.9 Å². The average molecular weight is 421 g/mol. The minimum atomic E-state index is -0.635. The Bertz CT molecular complexity index is 754. The van der Waals surface area contributed by atoms with Crippen molar-refractivity contribution in [2.45, 2.75) is 31.2 Å². The van der Waals surface area contributed by atoms with Gasteiger partial charge in [-0.3, -0.25) is 14.5 Å². The molecule has 0 bridgehead atoms. The van der Waals surface area contributed by atoms with Gasteiger partial charge in [0, 0.05) is 19.6 Å². The predicted molar refractivity (Wildman–Crippen MR) is 107 cm³/mol. The van der Waals surface area contributed by atoms with Crippen LogP contribution in [0.2, 0.25) is 0 Å². The van der Waals surface area contributed by atoms with Crippen molar-refractivity contribution in [2.75, 3.05) is 39.5 Å². The van der Waals surface area contributed by atoms with Crippen molar-refractivity contribution in [2.24, 2.45) is 0 Å². The number of carbonyl (C=O) groups excluding carboxylic acids is 2. The molecule has 164 valence electrons. The largest absolute Gasteiger partial charge is 0.394 e. The highest BCUT2D eigenvalue weighted by Gasteiger charge is 2.29. The number of aliphatic hydroxyl groups is 1. The molecule has 8 nitrogen and oxygen atoms in total. The van der Waals surface area contributed by atoms with Gasteiger partial charge in [0.25, 0.3) is 0 Å². The summed E-state index contributed by atoms with van der Waals surface area (Å²) >= 11 is 0. The second-order valence-electron chi connectivity index (χ2n) is 7.37. The fraction of sp³-hybridized carbons (Fsp3) is 0.524. The Morgan fingerprint density at radius 1 is 1.20 bits per heavy atom. The molecule has 0 unspecified atom stereocenters. The third kappa shape index (κ3) is 6.88. The third-order valence-electron chi connectivity index (χ3n) is 5.03. The molecule has 3 rings (SSSR count). The Balaban J connectivity index is 1.45. The first-order chi connectivity index (χ1) is 14.5. The third-order valence-corrected chi connectivity index (χ3v) is 5.03. The Kier molecular flexibility index (Phi) is 8.32. The van der Waals surface area contributed by atoms with Gasteiger partial charge in [-0.25, -0.2) is 4.39 Å². The maximum Gasteiger partial charge on any atom is 0.234 e. The molecule has 3 atom stereocenters. The Morgan fingerprint density at radius 3 is 2.73 bits per heavy atom. The molecule has 1 saturated heterocycles. The van der Waals surface area contributed by atoms with Crippen molar-refractivity contribution in [3.05, 3.63) is 47.8 Å². The number of aliphatic hydroxyl groups excluding tert-OH is 1. The molecule has 0 spiro atoms. The van der Waals surface area contributed by atoms with Gasteiger partial charge in [0.1, 0.15) is 11.9 Å². The number of carbonyl (C=O) groups is 2. The van der Waals surface area contributed by atoms with Crippen molar-refractivity contribution < 1.29 is 28.6 Å². The van der Waals surface area contributed by atoms with Crippen molar-refractivity contribution in [3.63, 3.8) is 0 Å². The van der Waals surface area contributed by atoms with Crippen LogP contribution in [-0.4, -0.2) is 79.5 Å². The van der Waals surface area contributed by atoms with E-state index in [0.717, 1.165) is 0 Å². The van der Waals surface area contributed by atoms with Crippen LogP contribution in [0, 0.1) is 5.82 Å². The highest BCUT2D eigenvalue weighted by atomic mass is 19.1. The first-order valence-corrected chi connectivity index (χ1v) is 10.1. The Hall–Kier alpha value is -2.33. The zero-order valence-electron chi connectivity index (χ0n) is 16.8. The molecule has 30 heavy (non-hydrogen) atoms. The van der Waals surface area contributed by atoms with Gasteiger partial charge in [-0.05, 0) is 17.7 Å².